The molecule has 0 bridgehead atoms. The molecule has 5 rings (SSSR count). The maximum absolute atomic E-state index is 13.0. The molecule has 4 aromatic rings. The Morgan fingerprint density at radius 1 is 0.867 bits per heavy atom. The minimum atomic E-state index is -0.295. The molecule has 5 nitrogen and oxygen atoms in total. The Kier molecular flexibility index (Phi) is 4.48. The van der Waals surface area contributed by atoms with E-state index in [0.29, 0.717) is 17.2 Å². The van der Waals surface area contributed by atoms with E-state index in [0.717, 1.165) is 27.8 Å². The zero-order valence-corrected chi connectivity index (χ0v) is 16.5. The van der Waals surface area contributed by atoms with Crippen LogP contribution in [0.3, 0.4) is 0 Å². The molecular formula is C25H24N4O. The van der Waals surface area contributed by atoms with E-state index in [4.69, 9.17) is 0 Å². The number of nitrogens with one attached hydrogen (secondary N) is 2. The average Bonchev–Trinajstić information content (AvgIpc) is 3.09. The molecule has 5 heteroatoms. The summed E-state index contributed by atoms with van der Waals surface area (Å²) in [5.41, 5.74) is 6.70. The molecule has 0 radical (unpaired) electrons. The van der Waals surface area contributed by atoms with Crippen molar-refractivity contribution in [3.63, 3.8) is 0 Å². The molecule has 1 aromatic heterocycles. The molecule has 0 fully saturated rings. The molecule has 1 aliphatic carbocycles. The van der Waals surface area contributed by atoms with Crippen molar-refractivity contribution in [3.8, 4) is 22.4 Å². The molecule has 2 N–H and O–H groups in total. The lowest BCUT2D eigenvalue weighted by Crippen LogP contribution is -2.32. The third-order valence-electron chi connectivity index (χ3n) is 5.31. The highest BCUT2D eigenvalue weighted by atomic mass is 16.2. The predicted molar refractivity (Wildman–Crippen MR) is 122 cm³/mol. The van der Waals surface area contributed by atoms with Gasteiger partial charge in [-0.25, -0.2) is 14.8 Å². The first-order valence-corrected chi connectivity index (χ1v) is 9.85. The zero-order valence-electron chi connectivity index (χ0n) is 16.5. The Morgan fingerprint density at radius 2 is 1.47 bits per heavy atom. The van der Waals surface area contributed by atoms with Gasteiger partial charge < -0.3 is 10.6 Å². The lowest BCUT2D eigenvalue weighted by Gasteiger charge is -2.17. The number of hydrogen-bond donors (Lipinski definition) is 2. The van der Waals surface area contributed by atoms with Crippen LogP contribution in [-0.4, -0.2) is 16.0 Å². The summed E-state index contributed by atoms with van der Waals surface area (Å²) >= 11 is 0. The van der Waals surface area contributed by atoms with Gasteiger partial charge >= 0.3 is 6.03 Å². The summed E-state index contributed by atoms with van der Waals surface area (Å²) in [6.07, 6.45) is 1.65. The second kappa shape index (κ2) is 7.44. The highest BCUT2D eigenvalue weighted by Crippen LogP contribution is 2.43. The maximum atomic E-state index is 13.0. The topological polar surface area (TPSA) is 66.9 Å². The molecule has 30 heavy (non-hydrogen) atoms. The Balaban J connectivity index is 0.00000144. The van der Waals surface area contributed by atoms with E-state index in [-0.39, 0.29) is 14.9 Å². The fraction of sp³-hybridized carbons (Fsp3) is 0.0800. The molecule has 2 amide bonds. The van der Waals surface area contributed by atoms with Gasteiger partial charge in [0.1, 0.15) is 5.82 Å². The van der Waals surface area contributed by atoms with Crippen LogP contribution in [0, 0.1) is 6.92 Å². The molecule has 0 saturated carbocycles. The van der Waals surface area contributed by atoms with Crippen LogP contribution < -0.4 is 10.6 Å². The zero-order chi connectivity index (χ0) is 20.5. The summed E-state index contributed by atoms with van der Waals surface area (Å²) in [5, 5.41) is 6.08. The van der Waals surface area contributed by atoms with Crippen molar-refractivity contribution in [1.29, 1.82) is 0 Å². The summed E-state index contributed by atoms with van der Waals surface area (Å²) in [7, 11) is 0. The first kappa shape index (κ1) is 18.1. The second-order valence-corrected chi connectivity index (χ2v) is 7.25. The van der Waals surface area contributed by atoms with Gasteiger partial charge in [-0.2, -0.15) is 0 Å². The standard InChI is InChI=1S/C25H20N4O.2H2/c1-16-26-15-22(23(27-16)17-9-3-2-4-10-17)28-25(30)29-24-20-13-7-5-11-18(20)19-12-6-8-14-21(19)24;;/h2-15,24H,1H3,(H2,28,29,30);2*1H. The summed E-state index contributed by atoms with van der Waals surface area (Å²) in [5.74, 6) is 0.651. The van der Waals surface area contributed by atoms with Crippen molar-refractivity contribution in [2.24, 2.45) is 0 Å². The largest absolute Gasteiger partial charge is 0.327 e. The Morgan fingerprint density at radius 3 is 2.13 bits per heavy atom. The lowest BCUT2D eigenvalue weighted by molar-refractivity contribution is 0.250. The van der Waals surface area contributed by atoms with Gasteiger partial charge in [-0.15, -0.1) is 0 Å². The molecule has 3 aromatic carbocycles. The van der Waals surface area contributed by atoms with E-state index in [1.165, 1.54) is 0 Å². The van der Waals surface area contributed by atoms with Crippen LogP contribution >= 0.6 is 0 Å². The number of anilines is 1. The van der Waals surface area contributed by atoms with Crippen molar-refractivity contribution in [2.75, 3.05) is 5.32 Å². The van der Waals surface area contributed by atoms with Crippen LogP contribution in [0.25, 0.3) is 22.4 Å². The van der Waals surface area contributed by atoms with Crippen molar-refractivity contribution in [3.05, 3.63) is 102 Å². The molecule has 0 unspecified atom stereocenters. The molecule has 0 atom stereocenters. The Labute approximate surface area is 177 Å². The molecule has 1 aliphatic rings. The van der Waals surface area contributed by atoms with Gasteiger partial charge in [-0.1, -0.05) is 78.9 Å². The van der Waals surface area contributed by atoms with Crippen LogP contribution in [0.5, 0.6) is 0 Å². The minimum absolute atomic E-state index is 0. The third-order valence-corrected chi connectivity index (χ3v) is 5.31. The first-order valence-electron chi connectivity index (χ1n) is 9.85. The number of amides is 2. The number of urea groups is 1. The smallest absolute Gasteiger partial charge is 0.320 e. The Bertz CT molecular complexity index is 1200. The van der Waals surface area contributed by atoms with Crippen molar-refractivity contribution >= 4 is 11.7 Å². The molecule has 1 heterocycles. The third kappa shape index (κ3) is 3.20. The van der Waals surface area contributed by atoms with Crippen molar-refractivity contribution < 1.29 is 7.65 Å². The van der Waals surface area contributed by atoms with E-state index in [1.807, 2.05) is 61.5 Å². The number of aromatic nitrogens is 2. The molecule has 0 aliphatic heterocycles. The van der Waals surface area contributed by atoms with Gasteiger partial charge in [-0.3, -0.25) is 0 Å². The molecular weight excluding hydrogens is 372 g/mol. The molecule has 150 valence electrons. The predicted octanol–water partition coefficient (Wildman–Crippen LogP) is 5.84. The SMILES string of the molecule is Cc1ncc(NC(=O)NC2c3ccccc3-c3ccccc32)c(-c2ccccc2)n1.[HH].[HH]. The number of rotatable bonds is 3. The summed E-state index contributed by atoms with van der Waals surface area (Å²) in [4.78, 5) is 21.8. The maximum Gasteiger partial charge on any atom is 0.320 e. The van der Waals surface area contributed by atoms with Gasteiger partial charge in [0.25, 0.3) is 0 Å². The minimum Gasteiger partial charge on any atom is -0.327 e. The lowest BCUT2D eigenvalue weighted by atomic mass is 10.1. The van der Waals surface area contributed by atoms with E-state index in [9.17, 15) is 4.79 Å². The number of hydrogen-bond acceptors (Lipinski definition) is 3. The number of nitrogens with zero attached hydrogens (tertiary/aromatic N) is 2. The average molecular weight is 396 g/mol. The van der Waals surface area contributed by atoms with Crippen LogP contribution in [0.1, 0.15) is 25.8 Å². The van der Waals surface area contributed by atoms with E-state index >= 15 is 0 Å². The second-order valence-electron chi connectivity index (χ2n) is 7.25. The van der Waals surface area contributed by atoms with E-state index in [2.05, 4.69) is 44.9 Å². The van der Waals surface area contributed by atoms with E-state index < -0.39 is 0 Å². The van der Waals surface area contributed by atoms with Crippen LogP contribution in [0.15, 0.2) is 85.1 Å². The van der Waals surface area contributed by atoms with Crippen LogP contribution in [-0.2, 0) is 0 Å². The van der Waals surface area contributed by atoms with Crippen LogP contribution in [0.4, 0.5) is 10.5 Å². The summed E-state index contributed by atoms with van der Waals surface area (Å²) in [6, 6.07) is 25.6. The normalized spacial score (nSPS) is 12.2. The number of aryl methyl sites for hydroxylation is 1. The van der Waals surface area contributed by atoms with Gasteiger partial charge in [0.05, 0.1) is 23.6 Å². The number of fused-ring (bicyclic) bond motifs is 3. The molecule has 0 spiro atoms. The molecule has 0 saturated heterocycles. The van der Waals surface area contributed by atoms with Gasteiger partial charge in [-0.05, 0) is 29.2 Å². The number of benzene rings is 3. The monoisotopic (exact) mass is 396 g/mol. The van der Waals surface area contributed by atoms with Gasteiger partial charge in [0.2, 0.25) is 0 Å². The highest BCUT2D eigenvalue weighted by molar-refractivity contribution is 5.94. The summed E-state index contributed by atoms with van der Waals surface area (Å²) < 4.78 is 0. The quantitative estimate of drug-likeness (QED) is 0.457. The van der Waals surface area contributed by atoms with E-state index in [1.54, 1.807) is 6.20 Å². The van der Waals surface area contributed by atoms with Gasteiger partial charge in [0, 0.05) is 8.42 Å². The summed E-state index contributed by atoms with van der Waals surface area (Å²) in [6.45, 7) is 1.84. The first-order chi connectivity index (χ1) is 14.7. The van der Waals surface area contributed by atoms with Crippen LogP contribution in [0.2, 0.25) is 0 Å². The number of carbonyl (C=O) groups is 1. The Hall–Kier alpha value is -3.99. The van der Waals surface area contributed by atoms with Crippen molar-refractivity contribution in [2.45, 2.75) is 13.0 Å². The highest BCUT2D eigenvalue weighted by Gasteiger charge is 2.29. The number of carbonyl (C=O) groups excluding carboxylic acids is 1. The van der Waals surface area contributed by atoms with Gasteiger partial charge in [0.15, 0.2) is 0 Å². The fourth-order valence-corrected chi connectivity index (χ4v) is 3.98. The fourth-order valence-electron chi connectivity index (χ4n) is 3.98. The van der Waals surface area contributed by atoms with Crippen molar-refractivity contribution in [1.82, 2.24) is 15.3 Å².